The summed E-state index contributed by atoms with van der Waals surface area (Å²) in [7, 11) is 1.93. The van der Waals surface area contributed by atoms with Gasteiger partial charge in [0.2, 0.25) is 0 Å². The van der Waals surface area contributed by atoms with Crippen LogP contribution in [0, 0.1) is 0 Å². The highest BCUT2D eigenvalue weighted by molar-refractivity contribution is 7.12. The number of hydrogen-bond acceptors (Lipinski definition) is 4. The highest BCUT2D eigenvalue weighted by Gasteiger charge is 2.19. The number of fused-ring (bicyclic) bond motifs is 1. The number of amides is 2. The maximum atomic E-state index is 12.7. The van der Waals surface area contributed by atoms with Crippen LogP contribution in [0.4, 0.5) is 11.4 Å². The zero-order valence-corrected chi connectivity index (χ0v) is 15.7. The summed E-state index contributed by atoms with van der Waals surface area (Å²) >= 11 is 1.40. The maximum Gasteiger partial charge on any atom is 0.272 e. The van der Waals surface area contributed by atoms with Crippen molar-refractivity contribution in [3.8, 4) is 0 Å². The minimum atomic E-state index is -0.137. The van der Waals surface area contributed by atoms with E-state index in [1.54, 1.807) is 30.3 Å². The summed E-state index contributed by atoms with van der Waals surface area (Å²) in [5.41, 5.74) is 4.42. The van der Waals surface area contributed by atoms with Gasteiger partial charge in [0.05, 0.1) is 4.88 Å². The average molecular weight is 380 g/mol. The molecule has 0 saturated heterocycles. The fourth-order valence-corrected chi connectivity index (χ4v) is 3.89. The van der Waals surface area contributed by atoms with Gasteiger partial charge in [0, 0.05) is 43.6 Å². The molecule has 0 aliphatic carbocycles. The van der Waals surface area contributed by atoms with Gasteiger partial charge in [-0.3, -0.25) is 9.59 Å². The van der Waals surface area contributed by atoms with E-state index in [-0.39, 0.29) is 11.8 Å². The second kappa shape index (κ2) is 7.38. The molecule has 0 radical (unpaired) electrons. The third kappa shape index (κ3) is 3.65. The van der Waals surface area contributed by atoms with Crippen LogP contribution in [-0.4, -0.2) is 22.9 Å². The van der Waals surface area contributed by atoms with Crippen molar-refractivity contribution in [1.29, 1.82) is 0 Å². The largest absolute Gasteiger partial charge is 0.343 e. The van der Waals surface area contributed by atoms with Crippen molar-refractivity contribution in [3.05, 3.63) is 69.7 Å². The number of anilines is 2. The van der Waals surface area contributed by atoms with Crippen molar-refractivity contribution in [2.75, 3.05) is 17.2 Å². The average Bonchev–Trinajstić information content (AvgIpc) is 3.32. The molecule has 4 rings (SSSR count). The van der Waals surface area contributed by atoms with Crippen LogP contribution in [0.5, 0.6) is 0 Å². The van der Waals surface area contributed by atoms with E-state index >= 15 is 0 Å². The van der Waals surface area contributed by atoms with Gasteiger partial charge in [0.1, 0.15) is 5.69 Å². The van der Waals surface area contributed by atoms with Crippen molar-refractivity contribution in [1.82, 2.24) is 9.88 Å². The van der Waals surface area contributed by atoms with Crippen LogP contribution in [0.1, 0.15) is 31.4 Å². The molecule has 1 aromatic carbocycles. The summed E-state index contributed by atoms with van der Waals surface area (Å²) in [4.78, 5) is 25.4. The molecule has 7 heteroatoms. The smallest absolute Gasteiger partial charge is 0.272 e. The molecule has 0 fully saturated rings. The first-order chi connectivity index (χ1) is 13.1. The molecule has 1 aliphatic rings. The number of carbonyl (C=O) groups excluding carboxylic acids is 2. The van der Waals surface area contributed by atoms with E-state index < -0.39 is 0 Å². The molecule has 138 valence electrons. The highest BCUT2D eigenvalue weighted by atomic mass is 32.1. The van der Waals surface area contributed by atoms with Gasteiger partial charge < -0.3 is 20.5 Å². The molecule has 0 spiro atoms. The minimum absolute atomic E-state index is 0.134. The second-order valence-electron chi connectivity index (χ2n) is 6.45. The number of nitrogens with one attached hydrogen (secondary N) is 3. The van der Waals surface area contributed by atoms with E-state index in [0.717, 1.165) is 19.5 Å². The monoisotopic (exact) mass is 380 g/mol. The van der Waals surface area contributed by atoms with Crippen LogP contribution >= 0.6 is 11.3 Å². The SMILES string of the molecule is Cn1c(C(=O)Nc2ccc(NC(=O)c3cccs3)cc2)cc2c1CCNC2. The van der Waals surface area contributed by atoms with Crippen molar-refractivity contribution in [3.63, 3.8) is 0 Å². The summed E-state index contributed by atoms with van der Waals surface area (Å²) in [5.74, 6) is -0.271. The summed E-state index contributed by atoms with van der Waals surface area (Å²) < 4.78 is 1.97. The molecule has 27 heavy (non-hydrogen) atoms. The lowest BCUT2D eigenvalue weighted by atomic mass is 10.1. The van der Waals surface area contributed by atoms with Gasteiger partial charge in [0.15, 0.2) is 0 Å². The summed E-state index contributed by atoms with van der Waals surface area (Å²) in [6.07, 6.45) is 0.928. The van der Waals surface area contributed by atoms with Crippen molar-refractivity contribution in [2.45, 2.75) is 13.0 Å². The number of rotatable bonds is 4. The predicted octanol–water partition coefficient (Wildman–Crippen LogP) is 3.24. The molecule has 1 aliphatic heterocycles. The number of benzene rings is 1. The third-order valence-corrected chi connectivity index (χ3v) is 5.55. The molecule has 3 N–H and O–H groups in total. The number of thiophene rings is 1. The Morgan fingerprint density at radius 2 is 1.78 bits per heavy atom. The first kappa shape index (κ1) is 17.5. The van der Waals surface area contributed by atoms with E-state index in [1.807, 2.05) is 29.1 Å². The van der Waals surface area contributed by atoms with Gasteiger partial charge in [-0.25, -0.2) is 0 Å². The molecule has 3 aromatic rings. The Balaban J connectivity index is 1.43. The van der Waals surface area contributed by atoms with Gasteiger partial charge in [-0.15, -0.1) is 11.3 Å². The third-order valence-electron chi connectivity index (χ3n) is 4.68. The molecule has 2 amide bonds. The quantitative estimate of drug-likeness (QED) is 0.650. The van der Waals surface area contributed by atoms with Crippen LogP contribution in [0.2, 0.25) is 0 Å². The minimum Gasteiger partial charge on any atom is -0.343 e. The molecule has 2 aromatic heterocycles. The molecule has 0 unspecified atom stereocenters. The fraction of sp³-hybridized carbons (Fsp3) is 0.200. The van der Waals surface area contributed by atoms with Crippen LogP contribution < -0.4 is 16.0 Å². The zero-order chi connectivity index (χ0) is 18.8. The molecule has 0 atom stereocenters. The summed E-state index contributed by atoms with van der Waals surface area (Å²) in [6.45, 7) is 1.74. The Labute approximate surface area is 161 Å². The highest BCUT2D eigenvalue weighted by Crippen LogP contribution is 2.21. The van der Waals surface area contributed by atoms with Crippen molar-refractivity contribution < 1.29 is 9.59 Å². The topological polar surface area (TPSA) is 75.2 Å². The Kier molecular flexibility index (Phi) is 4.79. The molecular formula is C20H20N4O2S. The first-order valence-electron chi connectivity index (χ1n) is 8.76. The Hall–Kier alpha value is -2.90. The summed E-state index contributed by atoms with van der Waals surface area (Å²) in [5, 5.41) is 11.0. The van der Waals surface area contributed by atoms with Gasteiger partial charge in [-0.2, -0.15) is 0 Å². The van der Waals surface area contributed by atoms with E-state index in [1.165, 1.54) is 22.6 Å². The van der Waals surface area contributed by atoms with Crippen LogP contribution in [0.3, 0.4) is 0 Å². The second-order valence-corrected chi connectivity index (χ2v) is 7.40. The normalized spacial score (nSPS) is 13.1. The fourth-order valence-electron chi connectivity index (χ4n) is 3.27. The number of hydrogen-bond donors (Lipinski definition) is 3. The van der Waals surface area contributed by atoms with E-state index in [2.05, 4.69) is 16.0 Å². The standard InChI is InChI=1S/C20H20N4O2S/c1-24-16-8-9-21-12-13(16)11-17(24)19(25)22-14-4-6-15(7-5-14)23-20(26)18-3-2-10-27-18/h2-7,10-11,21H,8-9,12H2,1H3,(H,22,25)(H,23,26). The van der Waals surface area contributed by atoms with Gasteiger partial charge in [-0.1, -0.05) is 6.07 Å². The van der Waals surface area contributed by atoms with Crippen molar-refractivity contribution in [2.24, 2.45) is 7.05 Å². The maximum absolute atomic E-state index is 12.7. The van der Waals surface area contributed by atoms with E-state index in [9.17, 15) is 9.59 Å². The van der Waals surface area contributed by atoms with E-state index in [4.69, 9.17) is 0 Å². The van der Waals surface area contributed by atoms with Gasteiger partial charge in [-0.05, 0) is 47.3 Å². The van der Waals surface area contributed by atoms with Crippen molar-refractivity contribution >= 4 is 34.5 Å². The zero-order valence-electron chi connectivity index (χ0n) is 14.9. The molecule has 0 saturated carbocycles. The van der Waals surface area contributed by atoms with Crippen LogP contribution in [-0.2, 0) is 20.0 Å². The lowest BCUT2D eigenvalue weighted by Crippen LogP contribution is -2.24. The molecule has 6 nitrogen and oxygen atoms in total. The molecular weight excluding hydrogens is 360 g/mol. The van der Waals surface area contributed by atoms with E-state index in [0.29, 0.717) is 21.9 Å². The Morgan fingerprint density at radius 1 is 1.07 bits per heavy atom. The summed E-state index contributed by atoms with van der Waals surface area (Å²) in [6, 6.07) is 12.7. The Bertz CT molecular complexity index is 974. The first-order valence-corrected chi connectivity index (χ1v) is 9.64. The van der Waals surface area contributed by atoms with Crippen LogP contribution in [0.15, 0.2) is 47.8 Å². The van der Waals surface area contributed by atoms with Gasteiger partial charge >= 0.3 is 0 Å². The van der Waals surface area contributed by atoms with Crippen LogP contribution in [0.25, 0.3) is 0 Å². The number of nitrogens with zero attached hydrogens (tertiary/aromatic N) is 1. The number of aromatic nitrogens is 1. The number of carbonyl (C=O) groups is 2. The lowest BCUT2D eigenvalue weighted by molar-refractivity contribution is 0.101. The predicted molar refractivity (Wildman–Crippen MR) is 107 cm³/mol. The lowest BCUT2D eigenvalue weighted by Gasteiger charge is -2.14. The molecule has 3 heterocycles. The van der Waals surface area contributed by atoms with Gasteiger partial charge in [0.25, 0.3) is 11.8 Å². The Morgan fingerprint density at radius 3 is 2.41 bits per heavy atom. The molecule has 0 bridgehead atoms.